The standard InChI is InChI=1S/C25H32OSi/c1-25(2,3)27(23-10-6-4-7-11-23,24-12-8-5-9-13-24)26-17-16-22-19-20-14-15-21(22)18-20/h4-13,19-21H,14-18H2,1-3H3/t20-,21+/m0/s1. The smallest absolute Gasteiger partial charge is 0.261 e. The van der Waals surface area contributed by atoms with Gasteiger partial charge in [0.15, 0.2) is 0 Å². The third-order valence-corrected chi connectivity index (χ3v) is 11.6. The van der Waals surface area contributed by atoms with E-state index in [9.17, 15) is 0 Å². The van der Waals surface area contributed by atoms with E-state index in [2.05, 4.69) is 87.5 Å². The number of allylic oxidation sites excluding steroid dienone is 1. The van der Waals surface area contributed by atoms with E-state index in [0.717, 1.165) is 24.9 Å². The fourth-order valence-corrected chi connectivity index (χ4v) is 9.88. The largest absolute Gasteiger partial charge is 0.407 e. The molecule has 2 bridgehead atoms. The minimum absolute atomic E-state index is 0.0682. The number of fused-ring (bicyclic) bond motifs is 2. The van der Waals surface area contributed by atoms with Gasteiger partial charge in [-0.3, -0.25) is 0 Å². The summed E-state index contributed by atoms with van der Waals surface area (Å²) < 4.78 is 7.03. The van der Waals surface area contributed by atoms with Gasteiger partial charge >= 0.3 is 0 Å². The SMILES string of the molecule is CC(C)(C)[Si](OCCC1=C[C@H]2CC[C@@H]1C2)(c1ccccc1)c1ccccc1. The van der Waals surface area contributed by atoms with Crippen LogP contribution in [-0.4, -0.2) is 14.9 Å². The first kappa shape index (κ1) is 18.7. The number of benzene rings is 2. The van der Waals surface area contributed by atoms with Gasteiger partial charge in [0.05, 0.1) is 0 Å². The Kier molecular flexibility index (Phi) is 5.13. The van der Waals surface area contributed by atoms with Gasteiger partial charge in [-0.25, -0.2) is 0 Å². The average molecular weight is 377 g/mol. The maximum Gasteiger partial charge on any atom is 0.261 e. The molecule has 0 heterocycles. The lowest BCUT2D eigenvalue weighted by molar-refractivity contribution is 0.297. The molecule has 0 aromatic heterocycles. The van der Waals surface area contributed by atoms with Crippen molar-refractivity contribution in [3.8, 4) is 0 Å². The summed E-state index contributed by atoms with van der Waals surface area (Å²) in [6.07, 6.45) is 7.86. The van der Waals surface area contributed by atoms with Crippen molar-refractivity contribution < 1.29 is 4.43 Å². The van der Waals surface area contributed by atoms with E-state index in [4.69, 9.17) is 4.43 Å². The van der Waals surface area contributed by atoms with Crippen LogP contribution in [0.25, 0.3) is 0 Å². The minimum Gasteiger partial charge on any atom is -0.407 e. The fourth-order valence-electron chi connectivity index (χ4n) is 5.31. The number of rotatable bonds is 6. The van der Waals surface area contributed by atoms with Crippen LogP contribution in [0.5, 0.6) is 0 Å². The van der Waals surface area contributed by atoms with Crippen molar-refractivity contribution in [3.05, 3.63) is 72.3 Å². The molecule has 1 nitrogen and oxygen atoms in total. The molecule has 2 aromatic carbocycles. The summed E-state index contributed by atoms with van der Waals surface area (Å²) in [7, 11) is -2.37. The van der Waals surface area contributed by atoms with E-state index in [1.807, 2.05) is 0 Å². The molecular weight excluding hydrogens is 344 g/mol. The van der Waals surface area contributed by atoms with Crippen molar-refractivity contribution in [2.24, 2.45) is 11.8 Å². The van der Waals surface area contributed by atoms with Crippen LogP contribution in [0, 0.1) is 11.8 Å². The van der Waals surface area contributed by atoms with Crippen molar-refractivity contribution in [2.45, 2.75) is 51.5 Å². The minimum atomic E-state index is -2.37. The number of hydrogen-bond acceptors (Lipinski definition) is 1. The van der Waals surface area contributed by atoms with Gasteiger partial charge in [0.25, 0.3) is 8.32 Å². The van der Waals surface area contributed by atoms with Crippen LogP contribution < -0.4 is 10.4 Å². The Morgan fingerprint density at radius 3 is 1.93 bits per heavy atom. The molecule has 2 aliphatic rings. The second-order valence-electron chi connectivity index (χ2n) is 9.27. The fraction of sp³-hybridized carbons (Fsp3) is 0.440. The molecule has 2 aliphatic carbocycles. The van der Waals surface area contributed by atoms with E-state index < -0.39 is 8.32 Å². The zero-order chi connectivity index (χ0) is 18.9. The van der Waals surface area contributed by atoms with Crippen molar-refractivity contribution in [1.82, 2.24) is 0 Å². The highest BCUT2D eigenvalue weighted by atomic mass is 28.4. The molecule has 0 amide bonds. The topological polar surface area (TPSA) is 9.23 Å². The van der Waals surface area contributed by atoms with Crippen LogP contribution >= 0.6 is 0 Å². The van der Waals surface area contributed by atoms with Gasteiger partial charge in [0, 0.05) is 6.61 Å². The molecule has 27 heavy (non-hydrogen) atoms. The lowest BCUT2D eigenvalue weighted by Gasteiger charge is -2.43. The lowest BCUT2D eigenvalue weighted by atomic mass is 9.96. The molecule has 142 valence electrons. The summed E-state index contributed by atoms with van der Waals surface area (Å²) in [4.78, 5) is 0. The lowest BCUT2D eigenvalue weighted by Crippen LogP contribution is -2.66. The summed E-state index contributed by atoms with van der Waals surface area (Å²) in [5, 5.41) is 2.83. The van der Waals surface area contributed by atoms with Gasteiger partial charge in [-0.1, -0.05) is 93.1 Å². The van der Waals surface area contributed by atoms with Gasteiger partial charge < -0.3 is 4.43 Å². The first-order valence-corrected chi connectivity index (χ1v) is 12.4. The van der Waals surface area contributed by atoms with E-state index in [0.29, 0.717) is 0 Å². The molecule has 2 heteroatoms. The highest BCUT2D eigenvalue weighted by Crippen LogP contribution is 2.45. The Hall–Kier alpha value is -1.64. The Morgan fingerprint density at radius 1 is 0.889 bits per heavy atom. The first-order valence-electron chi connectivity index (χ1n) is 10.5. The Morgan fingerprint density at radius 2 is 1.48 bits per heavy atom. The van der Waals surface area contributed by atoms with Crippen LogP contribution in [0.1, 0.15) is 46.5 Å². The second-order valence-corrected chi connectivity index (χ2v) is 13.6. The highest BCUT2D eigenvalue weighted by molar-refractivity contribution is 6.99. The molecular formula is C25H32OSi. The van der Waals surface area contributed by atoms with Gasteiger partial charge in [0.2, 0.25) is 0 Å². The van der Waals surface area contributed by atoms with Crippen molar-refractivity contribution in [1.29, 1.82) is 0 Å². The van der Waals surface area contributed by atoms with Crippen LogP contribution in [0.4, 0.5) is 0 Å². The molecule has 2 atom stereocenters. The van der Waals surface area contributed by atoms with E-state index in [-0.39, 0.29) is 5.04 Å². The van der Waals surface area contributed by atoms with Crippen LogP contribution in [-0.2, 0) is 4.43 Å². The third kappa shape index (κ3) is 3.46. The van der Waals surface area contributed by atoms with E-state index in [1.54, 1.807) is 5.57 Å². The first-order chi connectivity index (χ1) is 13.0. The molecule has 0 aliphatic heterocycles. The zero-order valence-electron chi connectivity index (χ0n) is 16.9. The summed E-state index contributed by atoms with van der Waals surface area (Å²) in [5.74, 6) is 1.70. The monoisotopic (exact) mass is 376 g/mol. The highest BCUT2D eigenvalue weighted by Gasteiger charge is 2.50. The summed E-state index contributed by atoms with van der Waals surface area (Å²) in [5.41, 5.74) is 1.67. The Bertz CT molecular complexity index is 749. The molecule has 1 fully saturated rings. The van der Waals surface area contributed by atoms with E-state index in [1.165, 1.54) is 29.6 Å². The van der Waals surface area contributed by atoms with Crippen molar-refractivity contribution >= 4 is 18.7 Å². The molecule has 1 saturated carbocycles. The summed E-state index contributed by atoms with van der Waals surface area (Å²) >= 11 is 0. The third-order valence-electron chi connectivity index (χ3n) is 6.57. The predicted molar refractivity (Wildman–Crippen MR) is 117 cm³/mol. The molecule has 0 saturated heterocycles. The second kappa shape index (κ2) is 7.41. The maximum atomic E-state index is 7.03. The van der Waals surface area contributed by atoms with Gasteiger partial charge in [-0.15, -0.1) is 0 Å². The molecule has 0 N–H and O–H groups in total. The van der Waals surface area contributed by atoms with Crippen molar-refractivity contribution in [2.75, 3.05) is 6.61 Å². The summed E-state index contributed by atoms with van der Waals surface area (Å²) in [6, 6.07) is 22.0. The average Bonchev–Trinajstić information content (AvgIpc) is 3.29. The Labute approximate surface area is 165 Å². The van der Waals surface area contributed by atoms with Crippen LogP contribution in [0.15, 0.2) is 72.3 Å². The number of hydrogen-bond donors (Lipinski definition) is 0. The van der Waals surface area contributed by atoms with Crippen molar-refractivity contribution in [3.63, 3.8) is 0 Å². The maximum absolute atomic E-state index is 7.03. The quantitative estimate of drug-likeness (QED) is 0.490. The molecule has 2 aromatic rings. The van der Waals surface area contributed by atoms with E-state index >= 15 is 0 Å². The molecule has 0 spiro atoms. The normalized spacial score (nSPS) is 22.1. The van der Waals surface area contributed by atoms with Gasteiger partial charge in [0.1, 0.15) is 0 Å². The molecule has 0 unspecified atom stereocenters. The van der Waals surface area contributed by atoms with Crippen LogP contribution in [0.3, 0.4) is 0 Å². The predicted octanol–water partition coefficient (Wildman–Crippen LogP) is 5.31. The van der Waals surface area contributed by atoms with Gasteiger partial charge in [-0.2, -0.15) is 0 Å². The Balaban J connectivity index is 1.66. The molecule has 4 rings (SSSR count). The van der Waals surface area contributed by atoms with Crippen LogP contribution in [0.2, 0.25) is 5.04 Å². The molecule has 0 radical (unpaired) electrons. The van der Waals surface area contributed by atoms with Gasteiger partial charge in [-0.05, 0) is 52.9 Å². The zero-order valence-corrected chi connectivity index (χ0v) is 17.9. The summed E-state index contributed by atoms with van der Waals surface area (Å²) in [6.45, 7) is 7.91.